The second-order valence-corrected chi connectivity index (χ2v) is 8.66. The van der Waals surface area contributed by atoms with Gasteiger partial charge in [-0.15, -0.1) is 0 Å². The van der Waals surface area contributed by atoms with Crippen LogP contribution in [-0.2, 0) is 19.4 Å². The van der Waals surface area contributed by atoms with Gasteiger partial charge in [0.05, 0.1) is 16.1 Å². The van der Waals surface area contributed by atoms with Gasteiger partial charge in [0.25, 0.3) is 6.47 Å². The smallest absolute Gasteiger partial charge is 0.293 e. The molecule has 0 aromatic heterocycles. The fourth-order valence-corrected chi connectivity index (χ4v) is 4.11. The number of carbonyl (C=O) groups excluding carboxylic acids is 1. The molecule has 0 unspecified atom stereocenters. The van der Waals surface area contributed by atoms with E-state index in [0.717, 1.165) is 28.7 Å². The van der Waals surface area contributed by atoms with Crippen molar-refractivity contribution < 1.29 is 22.3 Å². The number of benzene rings is 2. The molecule has 2 aromatic carbocycles. The van der Waals surface area contributed by atoms with Crippen LogP contribution >= 0.6 is 0 Å². The van der Waals surface area contributed by atoms with Gasteiger partial charge in [-0.1, -0.05) is 18.2 Å². The van der Waals surface area contributed by atoms with Gasteiger partial charge in [0.2, 0.25) is 9.84 Å². The molecule has 26 heavy (non-hydrogen) atoms. The molecule has 136 valence electrons. The first-order valence-electron chi connectivity index (χ1n) is 7.93. The SMILES string of the molecule is CC(C)(C)OC=O.O=S(=O)(c1ccc(F)cc1)c1c2c3ccccc3n1-2. The van der Waals surface area contributed by atoms with E-state index in [1.807, 2.05) is 45.0 Å². The fourth-order valence-electron chi connectivity index (χ4n) is 2.55. The third kappa shape index (κ3) is 3.22. The minimum absolute atomic E-state index is 0.122. The lowest BCUT2D eigenvalue weighted by molar-refractivity contribution is -0.138. The molecule has 0 spiro atoms. The Morgan fingerprint density at radius 3 is 2.15 bits per heavy atom. The number of hydrogen-bond donors (Lipinski definition) is 0. The summed E-state index contributed by atoms with van der Waals surface area (Å²) in [5.74, 6) is -0.445. The third-order valence-electron chi connectivity index (χ3n) is 3.76. The summed E-state index contributed by atoms with van der Waals surface area (Å²) in [6.07, 6.45) is 0. The summed E-state index contributed by atoms with van der Waals surface area (Å²) >= 11 is 0. The predicted molar refractivity (Wildman–Crippen MR) is 95.6 cm³/mol. The van der Waals surface area contributed by atoms with Gasteiger partial charge in [0, 0.05) is 5.39 Å². The molecule has 2 aromatic rings. The maximum atomic E-state index is 12.9. The highest BCUT2D eigenvalue weighted by molar-refractivity contribution is 7.91. The fraction of sp³-hybridized carbons (Fsp3) is 0.211. The van der Waals surface area contributed by atoms with Gasteiger partial charge >= 0.3 is 0 Å². The second-order valence-electron chi connectivity index (χ2n) is 6.79. The maximum absolute atomic E-state index is 12.9. The van der Waals surface area contributed by atoms with E-state index in [1.54, 1.807) is 4.57 Å². The van der Waals surface area contributed by atoms with E-state index in [9.17, 15) is 17.6 Å². The van der Waals surface area contributed by atoms with Crippen LogP contribution in [0.2, 0.25) is 0 Å². The molecule has 0 aliphatic carbocycles. The van der Waals surface area contributed by atoms with E-state index >= 15 is 0 Å². The number of hydrogen-bond acceptors (Lipinski definition) is 4. The molecule has 4 rings (SSSR count). The van der Waals surface area contributed by atoms with Gasteiger partial charge in [0.1, 0.15) is 11.4 Å². The number of carbonyl (C=O) groups is 1. The standard InChI is InChI=1S/C14H8FNO2S.C5H10O2/c15-9-5-7-10(8-6-9)19(17,18)14-13-11-3-1-2-4-12(11)16(13)14;1-5(2,3)7-4-6/h1-8H;4H,1-3H3. The Hall–Kier alpha value is -2.67. The highest BCUT2D eigenvalue weighted by Gasteiger charge is 2.41. The van der Waals surface area contributed by atoms with Crippen LogP contribution in [0, 0.1) is 5.82 Å². The molecule has 0 radical (unpaired) electrons. The first-order valence-corrected chi connectivity index (χ1v) is 9.41. The number of sulfone groups is 1. The summed E-state index contributed by atoms with van der Waals surface area (Å²) in [5, 5.41) is 1.28. The van der Waals surface area contributed by atoms with Crippen molar-refractivity contribution in [1.82, 2.24) is 4.57 Å². The molecule has 0 saturated heterocycles. The Balaban J connectivity index is 0.000000242. The monoisotopic (exact) mass is 375 g/mol. The molecule has 2 aliphatic heterocycles. The van der Waals surface area contributed by atoms with Gasteiger partial charge in [-0.3, -0.25) is 9.36 Å². The van der Waals surface area contributed by atoms with Crippen molar-refractivity contribution in [3.05, 3.63) is 54.3 Å². The van der Waals surface area contributed by atoms with Crippen LogP contribution in [0.4, 0.5) is 4.39 Å². The number of fused-ring (bicyclic) bond motifs is 4. The van der Waals surface area contributed by atoms with Crippen molar-refractivity contribution >= 4 is 27.2 Å². The van der Waals surface area contributed by atoms with Crippen LogP contribution < -0.4 is 0 Å². The molecule has 2 heterocycles. The minimum atomic E-state index is -3.55. The molecule has 0 amide bonds. The Morgan fingerprint density at radius 1 is 1.04 bits per heavy atom. The molecular weight excluding hydrogens is 357 g/mol. The highest BCUT2D eigenvalue weighted by Crippen LogP contribution is 2.49. The number of nitrogens with zero attached hydrogens (tertiary/aromatic N) is 1. The molecule has 0 fully saturated rings. The van der Waals surface area contributed by atoms with Gasteiger partial charge in [-0.2, -0.15) is 0 Å². The molecule has 0 N–H and O–H groups in total. The van der Waals surface area contributed by atoms with Crippen molar-refractivity contribution in [3.8, 4) is 5.69 Å². The van der Waals surface area contributed by atoms with Crippen LogP contribution in [-0.4, -0.2) is 25.1 Å². The second kappa shape index (κ2) is 6.25. The Morgan fingerprint density at radius 2 is 1.65 bits per heavy atom. The van der Waals surface area contributed by atoms with Crippen molar-refractivity contribution in [2.24, 2.45) is 0 Å². The van der Waals surface area contributed by atoms with E-state index in [1.165, 1.54) is 12.1 Å². The van der Waals surface area contributed by atoms with Gasteiger partial charge in [0.15, 0.2) is 5.03 Å². The molecule has 0 saturated carbocycles. The molecule has 0 atom stereocenters. The van der Waals surface area contributed by atoms with Crippen molar-refractivity contribution in [2.45, 2.75) is 36.3 Å². The van der Waals surface area contributed by atoms with E-state index in [4.69, 9.17) is 0 Å². The lowest BCUT2D eigenvalue weighted by atomic mass is 10.2. The lowest BCUT2D eigenvalue weighted by Crippen LogP contribution is -2.17. The summed E-state index contributed by atoms with van der Waals surface area (Å²) in [6, 6.07) is 12.4. The van der Waals surface area contributed by atoms with Gasteiger partial charge in [-0.25, -0.2) is 12.8 Å². The minimum Gasteiger partial charge on any atom is -0.462 e. The van der Waals surface area contributed by atoms with E-state index in [-0.39, 0.29) is 10.5 Å². The van der Waals surface area contributed by atoms with Crippen LogP contribution in [0.1, 0.15) is 20.8 Å². The quantitative estimate of drug-likeness (QED) is 0.403. The first kappa shape index (κ1) is 18.1. The van der Waals surface area contributed by atoms with Crippen LogP contribution in [0.5, 0.6) is 0 Å². The molecule has 5 nitrogen and oxygen atoms in total. The summed E-state index contributed by atoms with van der Waals surface area (Å²) in [7, 11) is -3.55. The molecule has 7 heteroatoms. The zero-order valence-corrected chi connectivity index (χ0v) is 15.4. The number of ether oxygens (including phenoxy) is 1. The molecular formula is C19H18FNO4S. The van der Waals surface area contributed by atoms with E-state index in [2.05, 4.69) is 4.74 Å². The van der Waals surface area contributed by atoms with Crippen molar-refractivity contribution in [1.29, 1.82) is 0 Å². The summed E-state index contributed by atoms with van der Waals surface area (Å²) < 4.78 is 43.9. The Labute approximate surface area is 150 Å². The summed E-state index contributed by atoms with van der Waals surface area (Å²) in [5.41, 5.74) is 1.36. The number of halogens is 1. The normalized spacial score (nSPS) is 12.3. The Kier molecular flexibility index (Phi) is 4.36. The van der Waals surface area contributed by atoms with Crippen LogP contribution in [0.15, 0.2) is 58.5 Å². The average molecular weight is 375 g/mol. The summed E-state index contributed by atoms with van der Waals surface area (Å²) in [6.45, 7) is 5.92. The van der Waals surface area contributed by atoms with Crippen molar-refractivity contribution in [3.63, 3.8) is 0 Å². The van der Waals surface area contributed by atoms with Crippen LogP contribution in [0.3, 0.4) is 0 Å². The third-order valence-corrected chi connectivity index (χ3v) is 5.54. The van der Waals surface area contributed by atoms with Crippen molar-refractivity contribution in [2.75, 3.05) is 0 Å². The molecule has 2 aliphatic rings. The number of rotatable bonds is 3. The summed E-state index contributed by atoms with van der Waals surface area (Å²) in [4.78, 5) is 9.72. The maximum Gasteiger partial charge on any atom is 0.293 e. The lowest BCUT2D eigenvalue weighted by Gasteiger charge is -2.14. The topological polar surface area (TPSA) is 65.4 Å². The zero-order chi connectivity index (χ0) is 19.1. The van der Waals surface area contributed by atoms with Gasteiger partial charge in [-0.05, 0) is 51.1 Å². The number of para-hydroxylation sites is 1. The van der Waals surface area contributed by atoms with E-state index in [0.29, 0.717) is 11.5 Å². The average Bonchev–Trinajstić information content (AvgIpc) is 3.23. The Bertz CT molecular complexity index is 1040. The zero-order valence-electron chi connectivity index (χ0n) is 14.6. The largest absolute Gasteiger partial charge is 0.462 e. The van der Waals surface area contributed by atoms with E-state index < -0.39 is 15.7 Å². The molecule has 0 bridgehead atoms. The van der Waals surface area contributed by atoms with Crippen LogP contribution in [0.25, 0.3) is 16.6 Å². The number of aromatic nitrogens is 1. The predicted octanol–water partition coefficient (Wildman–Crippen LogP) is 3.87. The first-order chi connectivity index (χ1) is 12.2. The van der Waals surface area contributed by atoms with Gasteiger partial charge < -0.3 is 4.74 Å². The highest BCUT2D eigenvalue weighted by atomic mass is 32.2.